The predicted molar refractivity (Wildman–Crippen MR) is 58.8 cm³/mol. The number of hydrogen-bond acceptors (Lipinski definition) is 3. The number of aromatic nitrogens is 1. The highest BCUT2D eigenvalue weighted by Gasteiger charge is 2.08. The minimum atomic E-state index is 0.131. The van der Waals surface area contributed by atoms with E-state index in [-0.39, 0.29) is 6.61 Å². The third-order valence-electron chi connectivity index (χ3n) is 2.06. The summed E-state index contributed by atoms with van der Waals surface area (Å²) in [6, 6.07) is 3.82. The SMILES string of the molecule is CCN(CCO)c1ncccc1CCl. The molecule has 0 saturated carbocycles. The maximum Gasteiger partial charge on any atom is 0.132 e. The highest BCUT2D eigenvalue weighted by atomic mass is 35.5. The second kappa shape index (κ2) is 5.83. The van der Waals surface area contributed by atoms with Crippen LogP contribution in [0.25, 0.3) is 0 Å². The molecular formula is C10H15ClN2O. The van der Waals surface area contributed by atoms with Crippen LogP contribution in [0.4, 0.5) is 5.82 Å². The summed E-state index contributed by atoms with van der Waals surface area (Å²) in [4.78, 5) is 6.28. The van der Waals surface area contributed by atoms with Gasteiger partial charge in [-0.3, -0.25) is 0 Å². The molecule has 78 valence electrons. The first kappa shape index (κ1) is 11.3. The molecule has 0 unspecified atom stereocenters. The fraction of sp³-hybridized carbons (Fsp3) is 0.500. The summed E-state index contributed by atoms with van der Waals surface area (Å²) in [5.41, 5.74) is 1.00. The van der Waals surface area contributed by atoms with Gasteiger partial charge in [0.25, 0.3) is 0 Å². The van der Waals surface area contributed by atoms with E-state index >= 15 is 0 Å². The van der Waals surface area contributed by atoms with Gasteiger partial charge in [-0.1, -0.05) is 6.07 Å². The summed E-state index contributed by atoms with van der Waals surface area (Å²) in [7, 11) is 0. The van der Waals surface area contributed by atoms with E-state index in [2.05, 4.69) is 4.98 Å². The Kier molecular flexibility index (Phi) is 4.70. The van der Waals surface area contributed by atoms with Crippen LogP contribution in [-0.4, -0.2) is 29.8 Å². The monoisotopic (exact) mass is 214 g/mol. The molecule has 0 radical (unpaired) electrons. The number of anilines is 1. The van der Waals surface area contributed by atoms with Gasteiger partial charge in [0.1, 0.15) is 5.82 Å². The number of hydrogen-bond donors (Lipinski definition) is 1. The molecule has 1 N–H and O–H groups in total. The lowest BCUT2D eigenvalue weighted by Gasteiger charge is -2.22. The standard InChI is InChI=1S/C10H15ClN2O/c1-2-13(6-7-14)10-9(8-11)4-3-5-12-10/h3-5,14H,2,6-8H2,1H3. The van der Waals surface area contributed by atoms with Gasteiger partial charge in [0.2, 0.25) is 0 Å². The number of aliphatic hydroxyl groups excluding tert-OH is 1. The molecule has 3 nitrogen and oxygen atoms in total. The normalized spacial score (nSPS) is 10.2. The molecule has 1 aromatic heterocycles. The molecule has 1 heterocycles. The first-order valence-electron chi connectivity index (χ1n) is 4.69. The zero-order chi connectivity index (χ0) is 10.4. The largest absolute Gasteiger partial charge is 0.395 e. The van der Waals surface area contributed by atoms with Crippen molar-refractivity contribution in [3.63, 3.8) is 0 Å². The van der Waals surface area contributed by atoms with Gasteiger partial charge in [0, 0.05) is 24.8 Å². The highest BCUT2D eigenvalue weighted by Crippen LogP contribution is 2.18. The van der Waals surface area contributed by atoms with Gasteiger partial charge in [-0.05, 0) is 13.0 Å². The predicted octanol–water partition coefficient (Wildman–Crippen LogP) is 1.64. The maximum absolute atomic E-state index is 8.89. The van der Waals surface area contributed by atoms with Crippen LogP contribution in [-0.2, 0) is 5.88 Å². The Hall–Kier alpha value is -0.800. The van der Waals surface area contributed by atoms with Gasteiger partial charge < -0.3 is 10.0 Å². The van der Waals surface area contributed by atoms with Crippen LogP contribution in [0.2, 0.25) is 0 Å². The van der Waals surface area contributed by atoms with E-state index in [0.717, 1.165) is 17.9 Å². The van der Waals surface area contributed by atoms with Crippen molar-refractivity contribution in [3.8, 4) is 0 Å². The Labute approximate surface area is 89.3 Å². The summed E-state index contributed by atoms with van der Waals surface area (Å²) in [5, 5.41) is 8.89. The molecule has 0 aliphatic rings. The zero-order valence-corrected chi connectivity index (χ0v) is 9.04. The van der Waals surface area contributed by atoms with E-state index in [4.69, 9.17) is 16.7 Å². The van der Waals surface area contributed by atoms with Gasteiger partial charge in [-0.25, -0.2) is 4.98 Å². The van der Waals surface area contributed by atoms with Gasteiger partial charge in [-0.15, -0.1) is 11.6 Å². The number of rotatable bonds is 5. The van der Waals surface area contributed by atoms with Crippen LogP contribution in [0.15, 0.2) is 18.3 Å². The molecule has 0 bridgehead atoms. The fourth-order valence-corrected chi connectivity index (χ4v) is 1.56. The topological polar surface area (TPSA) is 36.4 Å². The van der Waals surface area contributed by atoms with Gasteiger partial charge in [-0.2, -0.15) is 0 Å². The van der Waals surface area contributed by atoms with E-state index in [1.54, 1.807) is 6.20 Å². The molecule has 4 heteroatoms. The third-order valence-corrected chi connectivity index (χ3v) is 2.35. The lowest BCUT2D eigenvalue weighted by Crippen LogP contribution is -2.27. The minimum Gasteiger partial charge on any atom is -0.395 e. The van der Waals surface area contributed by atoms with Crippen molar-refractivity contribution in [1.29, 1.82) is 0 Å². The van der Waals surface area contributed by atoms with Crippen molar-refractivity contribution in [2.45, 2.75) is 12.8 Å². The van der Waals surface area contributed by atoms with Crippen LogP contribution >= 0.6 is 11.6 Å². The smallest absolute Gasteiger partial charge is 0.132 e. The van der Waals surface area contributed by atoms with Crippen molar-refractivity contribution in [2.75, 3.05) is 24.6 Å². The molecule has 0 aromatic carbocycles. The Bertz CT molecular complexity index is 281. The van der Waals surface area contributed by atoms with Crippen molar-refractivity contribution < 1.29 is 5.11 Å². The lowest BCUT2D eigenvalue weighted by atomic mass is 10.2. The number of alkyl halides is 1. The first-order valence-corrected chi connectivity index (χ1v) is 5.22. The molecule has 14 heavy (non-hydrogen) atoms. The van der Waals surface area contributed by atoms with Crippen molar-refractivity contribution in [3.05, 3.63) is 23.9 Å². The minimum absolute atomic E-state index is 0.131. The Balaban J connectivity index is 2.90. The molecular weight excluding hydrogens is 200 g/mol. The molecule has 0 aliphatic heterocycles. The van der Waals surface area contributed by atoms with Crippen molar-refractivity contribution >= 4 is 17.4 Å². The average molecular weight is 215 g/mol. The van der Waals surface area contributed by atoms with Gasteiger partial charge in [0.05, 0.1) is 12.5 Å². The number of aliphatic hydroxyl groups is 1. The zero-order valence-electron chi connectivity index (χ0n) is 8.28. The van der Waals surface area contributed by atoms with Crippen LogP contribution < -0.4 is 4.90 Å². The van der Waals surface area contributed by atoms with Crippen LogP contribution in [0.1, 0.15) is 12.5 Å². The molecule has 1 rings (SSSR count). The molecule has 0 amide bonds. The Morgan fingerprint density at radius 1 is 1.57 bits per heavy atom. The van der Waals surface area contributed by atoms with E-state index in [0.29, 0.717) is 12.4 Å². The third kappa shape index (κ3) is 2.59. The fourth-order valence-electron chi connectivity index (χ4n) is 1.35. The quantitative estimate of drug-likeness (QED) is 0.758. The van der Waals surface area contributed by atoms with Crippen molar-refractivity contribution in [1.82, 2.24) is 4.98 Å². The Morgan fingerprint density at radius 3 is 2.93 bits per heavy atom. The summed E-state index contributed by atoms with van der Waals surface area (Å²) in [6.45, 7) is 3.58. The maximum atomic E-state index is 8.89. The van der Waals surface area contributed by atoms with Crippen molar-refractivity contribution in [2.24, 2.45) is 0 Å². The lowest BCUT2D eigenvalue weighted by molar-refractivity contribution is 0.302. The number of halogens is 1. The molecule has 0 spiro atoms. The highest BCUT2D eigenvalue weighted by molar-refractivity contribution is 6.17. The number of pyridine rings is 1. The van der Waals surface area contributed by atoms with E-state index in [1.165, 1.54) is 0 Å². The second-order valence-corrected chi connectivity index (χ2v) is 3.19. The van der Waals surface area contributed by atoms with E-state index < -0.39 is 0 Å². The molecule has 0 fully saturated rings. The summed E-state index contributed by atoms with van der Waals surface area (Å²) in [5.74, 6) is 1.32. The molecule has 0 aliphatic carbocycles. The summed E-state index contributed by atoms with van der Waals surface area (Å²) < 4.78 is 0. The summed E-state index contributed by atoms with van der Waals surface area (Å²) in [6.07, 6.45) is 1.74. The van der Waals surface area contributed by atoms with Crippen LogP contribution in [0, 0.1) is 0 Å². The summed E-state index contributed by atoms with van der Waals surface area (Å²) >= 11 is 5.80. The number of nitrogens with zero attached hydrogens (tertiary/aromatic N) is 2. The molecule has 1 aromatic rings. The van der Waals surface area contributed by atoms with E-state index in [9.17, 15) is 0 Å². The van der Waals surface area contributed by atoms with Crippen LogP contribution in [0.3, 0.4) is 0 Å². The molecule has 0 saturated heterocycles. The Morgan fingerprint density at radius 2 is 2.36 bits per heavy atom. The van der Waals surface area contributed by atoms with E-state index in [1.807, 2.05) is 24.0 Å². The first-order chi connectivity index (χ1) is 6.83. The second-order valence-electron chi connectivity index (χ2n) is 2.92. The molecule has 0 atom stereocenters. The average Bonchev–Trinajstić information content (AvgIpc) is 2.26. The van der Waals surface area contributed by atoms with Gasteiger partial charge in [0.15, 0.2) is 0 Å². The van der Waals surface area contributed by atoms with Crippen LogP contribution in [0.5, 0.6) is 0 Å². The number of likely N-dealkylation sites (N-methyl/N-ethyl adjacent to an activating group) is 1. The van der Waals surface area contributed by atoms with Gasteiger partial charge >= 0.3 is 0 Å².